The van der Waals surface area contributed by atoms with Gasteiger partial charge in [0.2, 0.25) is 5.43 Å². The number of aromatic hydroxyl groups is 1. The quantitative estimate of drug-likeness (QED) is 0.773. The molecule has 1 aromatic heterocycles. The van der Waals surface area contributed by atoms with Gasteiger partial charge in [-0.15, -0.1) is 0 Å². The number of ether oxygens (including phenoxy) is 1. The van der Waals surface area contributed by atoms with Gasteiger partial charge in [0.05, 0.1) is 13.2 Å². The van der Waals surface area contributed by atoms with Gasteiger partial charge in [-0.1, -0.05) is 30.3 Å². The van der Waals surface area contributed by atoms with Crippen molar-refractivity contribution in [1.29, 1.82) is 0 Å². The predicted octanol–water partition coefficient (Wildman–Crippen LogP) is 2.24. The highest BCUT2D eigenvalue weighted by molar-refractivity contribution is 5.99. The molecule has 0 spiro atoms. The number of nitrogens with zero attached hydrogens (tertiary/aromatic N) is 3. The number of rotatable bonds is 3. The number of fused-ring (bicyclic) bond motifs is 2. The lowest BCUT2D eigenvalue weighted by Crippen LogP contribution is -2.57. The normalized spacial score (nSPS) is 23.2. The van der Waals surface area contributed by atoms with E-state index >= 15 is 0 Å². The van der Waals surface area contributed by atoms with E-state index in [1.807, 2.05) is 25.1 Å². The van der Waals surface area contributed by atoms with Crippen LogP contribution in [-0.4, -0.2) is 63.3 Å². The van der Waals surface area contributed by atoms with Gasteiger partial charge in [-0.25, -0.2) is 0 Å². The summed E-state index contributed by atoms with van der Waals surface area (Å²) in [7, 11) is 0. The van der Waals surface area contributed by atoms with Crippen molar-refractivity contribution in [3.8, 4) is 5.75 Å². The van der Waals surface area contributed by atoms with Crippen molar-refractivity contribution in [3.05, 3.63) is 63.6 Å². The molecule has 2 aromatic rings. The van der Waals surface area contributed by atoms with Gasteiger partial charge < -0.3 is 24.2 Å². The van der Waals surface area contributed by atoms with Crippen LogP contribution in [0.5, 0.6) is 5.75 Å². The molecule has 0 bridgehead atoms. The molecule has 2 amide bonds. The molecule has 5 rings (SSSR count). The first-order chi connectivity index (χ1) is 15.9. The van der Waals surface area contributed by atoms with Crippen molar-refractivity contribution in [1.82, 2.24) is 14.4 Å². The van der Waals surface area contributed by atoms with Crippen LogP contribution in [0.2, 0.25) is 0 Å². The van der Waals surface area contributed by atoms with E-state index in [9.17, 15) is 19.5 Å². The van der Waals surface area contributed by atoms with E-state index in [0.29, 0.717) is 32.0 Å². The first kappa shape index (κ1) is 21.7. The van der Waals surface area contributed by atoms with Gasteiger partial charge in [-0.2, -0.15) is 0 Å². The Balaban J connectivity index is 1.34. The lowest BCUT2D eigenvalue weighted by Gasteiger charge is -2.44. The lowest BCUT2D eigenvalue weighted by molar-refractivity contribution is -0.112. The number of likely N-dealkylation sites (tertiary alicyclic amines) is 1. The number of carbonyl (C=O) groups is 2. The molecule has 174 valence electrons. The second-order valence-electron chi connectivity index (χ2n) is 9.32. The second-order valence-corrected chi connectivity index (χ2v) is 9.32. The zero-order valence-electron chi connectivity index (χ0n) is 18.8. The van der Waals surface area contributed by atoms with Crippen LogP contribution in [0.4, 0.5) is 0 Å². The maximum atomic E-state index is 13.2. The minimum absolute atomic E-state index is 0.0435. The zero-order chi connectivity index (χ0) is 23.1. The van der Waals surface area contributed by atoms with Gasteiger partial charge in [0, 0.05) is 25.3 Å². The Bertz CT molecular complexity index is 1120. The lowest BCUT2D eigenvalue weighted by atomic mass is 9.90. The van der Waals surface area contributed by atoms with Crippen LogP contribution < -0.4 is 5.43 Å². The molecular formula is C25H29N3O5. The van der Waals surface area contributed by atoms with E-state index in [1.165, 1.54) is 16.3 Å². The zero-order valence-corrected chi connectivity index (χ0v) is 18.8. The van der Waals surface area contributed by atoms with Crippen LogP contribution in [0.1, 0.15) is 52.6 Å². The van der Waals surface area contributed by atoms with Crippen LogP contribution >= 0.6 is 0 Å². The fraction of sp³-hybridized carbons (Fsp3) is 0.480. The third-order valence-corrected chi connectivity index (χ3v) is 7.18. The van der Waals surface area contributed by atoms with Gasteiger partial charge in [0.15, 0.2) is 17.7 Å². The van der Waals surface area contributed by atoms with Crippen molar-refractivity contribution < 1.29 is 19.4 Å². The van der Waals surface area contributed by atoms with E-state index in [2.05, 4.69) is 12.1 Å². The third-order valence-electron chi connectivity index (χ3n) is 7.18. The first-order valence-electron chi connectivity index (χ1n) is 11.7. The van der Waals surface area contributed by atoms with Crippen molar-refractivity contribution >= 4 is 11.8 Å². The van der Waals surface area contributed by atoms with E-state index in [1.54, 1.807) is 9.80 Å². The van der Waals surface area contributed by atoms with Crippen molar-refractivity contribution in [2.45, 2.75) is 51.4 Å². The van der Waals surface area contributed by atoms with Crippen LogP contribution in [0, 0.1) is 5.92 Å². The molecule has 8 nitrogen and oxygen atoms in total. The Morgan fingerprint density at radius 3 is 2.58 bits per heavy atom. The number of benzene rings is 1. The number of aromatic nitrogens is 1. The maximum absolute atomic E-state index is 13.2. The Hall–Kier alpha value is -3.13. The third kappa shape index (κ3) is 3.93. The van der Waals surface area contributed by atoms with E-state index in [-0.39, 0.29) is 23.8 Å². The standard InChI is InChI=1S/C25H29N3O5/c1-16-9-12-33-20-15-27-14-19(22(29)23(30)21(27)25(32)28(16)20)24(31)26-10-7-18(8-11-26)13-17-5-3-2-4-6-17/h2-6,14,16,18,20,30H,7-13,15H2,1H3/t16-,20+/m1/s1. The molecule has 3 aliphatic rings. The SMILES string of the molecule is C[C@@H]1CCO[C@H]2Cn3cc(C(=O)N4CCC(Cc5ccccc5)CC4)c(=O)c(O)c3C(=O)N12. The average Bonchev–Trinajstić information content (AvgIpc) is 2.82. The van der Waals surface area contributed by atoms with E-state index in [4.69, 9.17) is 4.74 Å². The van der Waals surface area contributed by atoms with Gasteiger partial charge in [0.1, 0.15) is 5.56 Å². The maximum Gasteiger partial charge on any atom is 0.276 e. The van der Waals surface area contributed by atoms with Crippen LogP contribution in [0.25, 0.3) is 0 Å². The number of carbonyl (C=O) groups excluding carboxylic acids is 2. The Kier molecular flexibility index (Phi) is 5.70. The summed E-state index contributed by atoms with van der Waals surface area (Å²) < 4.78 is 7.26. The number of hydrogen-bond donors (Lipinski definition) is 1. The summed E-state index contributed by atoms with van der Waals surface area (Å²) in [4.78, 5) is 42.4. The summed E-state index contributed by atoms with van der Waals surface area (Å²) in [5, 5.41) is 10.6. The van der Waals surface area contributed by atoms with Crippen molar-refractivity contribution in [2.75, 3.05) is 19.7 Å². The molecule has 33 heavy (non-hydrogen) atoms. The predicted molar refractivity (Wildman–Crippen MR) is 121 cm³/mol. The summed E-state index contributed by atoms with van der Waals surface area (Å²) in [6.07, 6.45) is 4.36. The molecule has 0 aliphatic carbocycles. The van der Waals surface area contributed by atoms with Crippen LogP contribution in [-0.2, 0) is 17.7 Å². The molecule has 2 fully saturated rings. The van der Waals surface area contributed by atoms with Crippen LogP contribution in [0.3, 0.4) is 0 Å². The Morgan fingerprint density at radius 1 is 1.12 bits per heavy atom. The smallest absolute Gasteiger partial charge is 0.276 e. The Labute approximate surface area is 192 Å². The minimum Gasteiger partial charge on any atom is -0.503 e. The summed E-state index contributed by atoms with van der Waals surface area (Å²) in [6.45, 7) is 3.87. The fourth-order valence-electron chi connectivity index (χ4n) is 5.27. The molecule has 0 radical (unpaired) electrons. The molecule has 4 heterocycles. The largest absolute Gasteiger partial charge is 0.503 e. The summed E-state index contributed by atoms with van der Waals surface area (Å²) in [6, 6.07) is 10.3. The monoisotopic (exact) mass is 451 g/mol. The molecule has 2 atom stereocenters. The summed E-state index contributed by atoms with van der Waals surface area (Å²) in [5.74, 6) is -0.991. The number of hydrogen-bond acceptors (Lipinski definition) is 5. The van der Waals surface area contributed by atoms with Crippen molar-refractivity contribution in [3.63, 3.8) is 0 Å². The Morgan fingerprint density at radius 2 is 1.85 bits per heavy atom. The van der Waals surface area contributed by atoms with E-state index in [0.717, 1.165) is 19.3 Å². The highest BCUT2D eigenvalue weighted by Crippen LogP contribution is 2.30. The second kappa shape index (κ2) is 8.67. The molecular weight excluding hydrogens is 422 g/mol. The average molecular weight is 452 g/mol. The highest BCUT2D eigenvalue weighted by Gasteiger charge is 2.41. The van der Waals surface area contributed by atoms with Gasteiger partial charge >= 0.3 is 0 Å². The van der Waals surface area contributed by atoms with E-state index < -0.39 is 29.2 Å². The molecule has 1 N–H and O–H groups in total. The molecule has 1 aromatic carbocycles. The molecule has 0 saturated carbocycles. The van der Waals surface area contributed by atoms with Crippen LogP contribution in [0.15, 0.2) is 41.3 Å². The van der Waals surface area contributed by atoms with Gasteiger partial charge in [0.25, 0.3) is 11.8 Å². The topological polar surface area (TPSA) is 92.1 Å². The number of piperidine rings is 1. The molecule has 3 aliphatic heterocycles. The molecule has 0 unspecified atom stereocenters. The van der Waals surface area contributed by atoms with Gasteiger partial charge in [-0.05, 0) is 44.1 Å². The number of amides is 2. The first-order valence-corrected chi connectivity index (χ1v) is 11.7. The van der Waals surface area contributed by atoms with Crippen molar-refractivity contribution in [2.24, 2.45) is 5.92 Å². The summed E-state index contributed by atoms with van der Waals surface area (Å²) in [5.41, 5.74) is 0.350. The highest BCUT2D eigenvalue weighted by atomic mass is 16.5. The number of pyridine rings is 1. The fourth-order valence-corrected chi connectivity index (χ4v) is 5.27. The summed E-state index contributed by atoms with van der Waals surface area (Å²) >= 11 is 0. The van der Waals surface area contributed by atoms with Gasteiger partial charge in [-0.3, -0.25) is 14.4 Å². The minimum atomic E-state index is -0.782. The molecule has 2 saturated heterocycles. The molecule has 8 heteroatoms.